The van der Waals surface area contributed by atoms with Gasteiger partial charge in [0.05, 0.1) is 6.54 Å². The molecule has 0 saturated heterocycles. The van der Waals surface area contributed by atoms with Crippen molar-refractivity contribution in [2.75, 3.05) is 13.2 Å². The molecule has 1 atom stereocenters. The Morgan fingerprint density at radius 3 is 2.33 bits per heavy atom. The molecule has 4 nitrogen and oxygen atoms in total. The smallest absolute Gasteiger partial charge is 0.261 e. The first-order chi connectivity index (χ1) is 11.6. The second kappa shape index (κ2) is 9.18. The zero-order valence-corrected chi connectivity index (χ0v) is 14.7. The van der Waals surface area contributed by atoms with Crippen molar-refractivity contribution >= 4 is 17.5 Å². The molecule has 5 heteroatoms. The predicted octanol–water partition coefficient (Wildman–Crippen LogP) is 4.00. The van der Waals surface area contributed by atoms with E-state index in [1.165, 1.54) is 0 Å². The van der Waals surface area contributed by atoms with Crippen molar-refractivity contribution in [1.29, 1.82) is 0 Å². The van der Waals surface area contributed by atoms with Gasteiger partial charge in [0, 0.05) is 5.02 Å². The second-order valence-corrected chi connectivity index (χ2v) is 5.86. The van der Waals surface area contributed by atoms with Crippen molar-refractivity contribution in [2.45, 2.75) is 26.4 Å². The minimum Gasteiger partial charge on any atom is -0.492 e. The third-order valence-electron chi connectivity index (χ3n) is 3.45. The van der Waals surface area contributed by atoms with Gasteiger partial charge >= 0.3 is 0 Å². The number of amides is 1. The Morgan fingerprint density at radius 2 is 1.71 bits per heavy atom. The molecular weight excluding hydrogens is 326 g/mol. The van der Waals surface area contributed by atoms with Crippen molar-refractivity contribution in [3.8, 4) is 11.5 Å². The van der Waals surface area contributed by atoms with E-state index in [1.807, 2.05) is 38.1 Å². The van der Waals surface area contributed by atoms with E-state index in [4.69, 9.17) is 21.1 Å². The van der Waals surface area contributed by atoms with Crippen molar-refractivity contribution in [3.63, 3.8) is 0 Å². The van der Waals surface area contributed by atoms with Crippen LogP contribution in [0.5, 0.6) is 11.5 Å². The quantitative estimate of drug-likeness (QED) is 0.734. The van der Waals surface area contributed by atoms with Gasteiger partial charge in [0.15, 0.2) is 6.10 Å². The Labute approximate surface area is 147 Å². The van der Waals surface area contributed by atoms with Gasteiger partial charge in [-0.2, -0.15) is 0 Å². The fourth-order valence-electron chi connectivity index (χ4n) is 2.09. The van der Waals surface area contributed by atoms with Crippen LogP contribution in [-0.2, 0) is 4.79 Å². The highest BCUT2D eigenvalue weighted by Gasteiger charge is 2.17. The van der Waals surface area contributed by atoms with Gasteiger partial charge in [0.1, 0.15) is 18.1 Å². The first-order valence-corrected chi connectivity index (χ1v) is 8.35. The average Bonchev–Trinajstić information content (AvgIpc) is 2.59. The molecule has 0 heterocycles. The zero-order valence-electron chi connectivity index (χ0n) is 13.9. The summed E-state index contributed by atoms with van der Waals surface area (Å²) in [5.41, 5.74) is 1.15. The van der Waals surface area contributed by atoms with Crippen molar-refractivity contribution in [2.24, 2.45) is 0 Å². The maximum atomic E-state index is 12.2. The van der Waals surface area contributed by atoms with Crippen LogP contribution in [0.15, 0.2) is 48.5 Å². The number of halogens is 1. The van der Waals surface area contributed by atoms with E-state index in [-0.39, 0.29) is 5.91 Å². The van der Waals surface area contributed by atoms with Gasteiger partial charge in [-0.3, -0.25) is 4.79 Å². The average molecular weight is 348 g/mol. The lowest BCUT2D eigenvalue weighted by Crippen LogP contribution is -2.39. The molecule has 2 rings (SSSR count). The molecule has 0 aliphatic rings. The summed E-state index contributed by atoms with van der Waals surface area (Å²) in [5, 5.41) is 3.49. The molecular formula is C19H22ClNO3. The molecule has 0 radical (unpaired) electrons. The van der Waals surface area contributed by atoms with Crippen LogP contribution >= 0.6 is 11.6 Å². The summed E-state index contributed by atoms with van der Waals surface area (Å²) in [6.45, 7) is 4.72. The van der Waals surface area contributed by atoms with E-state index in [1.54, 1.807) is 24.3 Å². The second-order valence-electron chi connectivity index (χ2n) is 5.42. The number of aryl methyl sites for hydroxylation is 1. The molecule has 0 fully saturated rings. The van der Waals surface area contributed by atoms with Crippen LogP contribution in [0, 0.1) is 6.92 Å². The Balaban J connectivity index is 1.75. The number of carbonyl (C=O) groups is 1. The normalized spacial score (nSPS) is 11.6. The summed E-state index contributed by atoms with van der Waals surface area (Å²) in [6.07, 6.45) is 0.0841. The fraction of sp³-hybridized carbons (Fsp3) is 0.316. The van der Waals surface area contributed by atoms with Gasteiger partial charge in [0.2, 0.25) is 0 Å². The van der Waals surface area contributed by atoms with Crippen LogP contribution in [-0.4, -0.2) is 25.2 Å². The molecule has 128 valence electrons. The maximum absolute atomic E-state index is 12.2. The van der Waals surface area contributed by atoms with Crippen molar-refractivity contribution in [3.05, 3.63) is 59.1 Å². The molecule has 0 aliphatic heterocycles. The van der Waals surface area contributed by atoms with Crippen molar-refractivity contribution < 1.29 is 14.3 Å². The number of carbonyl (C=O) groups excluding carboxylic acids is 1. The molecule has 1 N–H and O–H groups in total. The van der Waals surface area contributed by atoms with Gasteiger partial charge in [-0.1, -0.05) is 36.2 Å². The highest BCUT2D eigenvalue weighted by atomic mass is 35.5. The highest BCUT2D eigenvalue weighted by molar-refractivity contribution is 6.30. The van der Waals surface area contributed by atoms with E-state index in [2.05, 4.69) is 5.32 Å². The lowest BCUT2D eigenvalue weighted by molar-refractivity contribution is -0.128. The largest absolute Gasteiger partial charge is 0.492 e. The summed E-state index contributed by atoms with van der Waals surface area (Å²) in [7, 11) is 0. The molecule has 0 aliphatic carbocycles. The molecule has 0 spiro atoms. The van der Waals surface area contributed by atoms with Crippen LogP contribution in [0.1, 0.15) is 18.9 Å². The minimum atomic E-state index is -0.511. The minimum absolute atomic E-state index is 0.141. The van der Waals surface area contributed by atoms with E-state index < -0.39 is 6.10 Å². The van der Waals surface area contributed by atoms with Crippen LogP contribution in [0.3, 0.4) is 0 Å². The van der Waals surface area contributed by atoms with Gasteiger partial charge in [0.25, 0.3) is 5.91 Å². The summed E-state index contributed by atoms with van der Waals surface area (Å²) >= 11 is 5.81. The fourth-order valence-corrected chi connectivity index (χ4v) is 2.22. The third-order valence-corrected chi connectivity index (χ3v) is 3.70. The summed E-state index contributed by atoms with van der Waals surface area (Å²) in [4.78, 5) is 12.2. The highest BCUT2D eigenvalue weighted by Crippen LogP contribution is 2.16. The van der Waals surface area contributed by atoms with Crippen LogP contribution in [0.2, 0.25) is 5.02 Å². The third kappa shape index (κ3) is 5.78. The number of nitrogens with one attached hydrogen (secondary N) is 1. The number of hydrogen-bond donors (Lipinski definition) is 1. The van der Waals surface area contributed by atoms with Crippen LogP contribution in [0.4, 0.5) is 0 Å². The Morgan fingerprint density at radius 1 is 1.08 bits per heavy atom. The number of benzene rings is 2. The number of rotatable bonds is 8. The number of hydrogen-bond acceptors (Lipinski definition) is 3. The number of ether oxygens (including phenoxy) is 2. The van der Waals surface area contributed by atoms with E-state index in [0.717, 1.165) is 11.3 Å². The van der Waals surface area contributed by atoms with Gasteiger partial charge < -0.3 is 14.8 Å². The SMILES string of the molecule is CC[C@@H](Oc1ccc(C)cc1)C(=O)NCCOc1ccc(Cl)cc1. The summed E-state index contributed by atoms with van der Waals surface area (Å²) in [6, 6.07) is 14.8. The lowest BCUT2D eigenvalue weighted by atomic mass is 10.2. The first-order valence-electron chi connectivity index (χ1n) is 7.98. The standard InChI is InChI=1S/C19H22ClNO3/c1-3-18(24-17-8-4-14(2)5-9-17)19(22)21-12-13-23-16-10-6-15(20)7-11-16/h4-11,18H,3,12-13H2,1-2H3,(H,21,22)/t18-/m1/s1. The van der Waals surface area contributed by atoms with E-state index >= 15 is 0 Å². The Bertz CT molecular complexity index is 641. The molecule has 2 aromatic rings. The molecule has 0 aromatic heterocycles. The Kier molecular flexibility index (Phi) is 6.94. The molecule has 0 saturated carbocycles. The predicted molar refractivity (Wildman–Crippen MR) is 95.8 cm³/mol. The lowest BCUT2D eigenvalue weighted by Gasteiger charge is -2.17. The molecule has 1 amide bonds. The van der Waals surface area contributed by atoms with Crippen molar-refractivity contribution in [1.82, 2.24) is 5.32 Å². The monoisotopic (exact) mass is 347 g/mol. The van der Waals surface area contributed by atoms with Gasteiger partial charge in [-0.25, -0.2) is 0 Å². The topological polar surface area (TPSA) is 47.6 Å². The summed E-state index contributed by atoms with van der Waals surface area (Å²) < 4.78 is 11.3. The Hall–Kier alpha value is -2.20. The maximum Gasteiger partial charge on any atom is 0.261 e. The molecule has 0 unspecified atom stereocenters. The van der Waals surface area contributed by atoms with Gasteiger partial charge in [-0.05, 0) is 49.7 Å². The molecule has 0 bridgehead atoms. The van der Waals surface area contributed by atoms with Gasteiger partial charge in [-0.15, -0.1) is 0 Å². The first kappa shape index (κ1) is 18.1. The molecule has 2 aromatic carbocycles. The summed E-state index contributed by atoms with van der Waals surface area (Å²) in [5.74, 6) is 1.27. The van der Waals surface area contributed by atoms with Crippen LogP contribution in [0.25, 0.3) is 0 Å². The van der Waals surface area contributed by atoms with Crippen LogP contribution < -0.4 is 14.8 Å². The van der Waals surface area contributed by atoms with E-state index in [0.29, 0.717) is 30.3 Å². The molecule has 24 heavy (non-hydrogen) atoms. The zero-order chi connectivity index (χ0) is 17.4. The van der Waals surface area contributed by atoms with E-state index in [9.17, 15) is 4.79 Å².